The number of nitrogens with zero attached hydrogens (tertiary/aromatic N) is 2. The van der Waals surface area contributed by atoms with Crippen LogP contribution in [0.5, 0.6) is 5.88 Å². The van der Waals surface area contributed by atoms with Crippen LogP contribution in [0.2, 0.25) is 0 Å². The van der Waals surface area contributed by atoms with Gasteiger partial charge in [0.2, 0.25) is 5.88 Å². The predicted octanol–water partition coefficient (Wildman–Crippen LogP) is 2.95. The fraction of sp³-hybridized carbons (Fsp3) is 0.0714. The van der Waals surface area contributed by atoms with Crippen LogP contribution >= 0.6 is 11.3 Å². The van der Waals surface area contributed by atoms with Gasteiger partial charge in [-0.2, -0.15) is 0 Å². The van der Waals surface area contributed by atoms with Gasteiger partial charge in [0.05, 0.1) is 23.1 Å². The third-order valence-electron chi connectivity index (χ3n) is 2.70. The van der Waals surface area contributed by atoms with Crippen molar-refractivity contribution in [2.75, 3.05) is 12.4 Å². The number of nitrogens with one attached hydrogen (secondary N) is 1. The summed E-state index contributed by atoms with van der Waals surface area (Å²) in [6, 6.07) is 11.0. The van der Waals surface area contributed by atoms with Gasteiger partial charge in [-0.3, -0.25) is 4.79 Å². The Hall–Kier alpha value is -2.47. The molecular formula is C14H11N3O2S. The van der Waals surface area contributed by atoms with Gasteiger partial charge in [-0.05, 0) is 29.6 Å². The van der Waals surface area contributed by atoms with E-state index in [1.165, 1.54) is 18.4 Å². The number of carbonyl (C=O) groups is 1. The molecule has 0 fully saturated rings. The SMILES string of the molecule is COc1nc2ccccc2nc1C(=O)Nc1cccs1. The highest BCUT2D eigenvalue weighted by Crippen LogP contribution is 2.21. The lowest BCUT2D eigenvalue weighted by Gasteiger charge is -2.08. The van der Waals surface area contributed by atoms with Crippen molar-refractivity contribution in [1.82, 2.24) is 9.97 Å². The second-order valence-electron chi connectivity index (χ2n) is 4.00. The largest absolute Gasteiger partial charge is 0.479 e. The first-order valence-corrected chi connectivity index (χ1v) is 6.81. The van der Waals surface area contributed by atoms with Crippen molar-refractivity contribution in [3.8, 4) is 5.88 Å². The van der Waals surface area contributed by atoms with Crippen LogP contribution in [0.4, 0.5) is 5.00 Å². The number of benzene rings is 1. The van der Waals surface area contributed by atoms with Gasteiger partial charge in [-0.25, -0.2) is 9.97 Å². The highest BCUT2D eigenvalue weighted by atomic mass is 32.1. The molecule has 3 aromatic rings. The number of thiophene rings is 1. The van der Waals surface area contributed by atoms with Gasteiger partial charge in [0, 0.05) is 0 Å². The van der Waals surface area contributed by atoms with E-state index in [0.717, 1.165) is 5.00 Å². The second-order valence-corrected chi connectivity index (χ2v) is 4.95. The quantitative estimate of drug-likeness (QED) is 0.803. The van der Waals surface area contributed by atoms with Gasteiger partial charge in [0.25, 0.3) is 5.91 Å². The van der Waals surface area contributed by atoms with E-state index in [2.05, 4.69) is 15.3 Å². The molecule has 0 radical (unpaired) electrons. The number of para-hydroxylation sites is 2. The molecule has 5 nitrogen and oxygen atoms in total. The molecule has 0 bridgehead atoms. The summed E-state index contributed by atoms with van der Waals surface area (Å²) >= 11 is 1.44. The Morgan fingerprint density at radius 3 is 2.55 bits per heavy atom. The van der Waals surface area contributed by atoms with Gasteiger partial charge in [0.15, 0.2) is 5.69 Å². The van der Waals surface area contributed by atoms with Crippen LogP contribution in [0.15, 0.2) is 41.8 Å². The lowest BCUT2D eigenvalue weighted by atomic mass is 10.3. The first kappa shape index (κ1) is 12.6. The van der Waals surface area contributed by atoms with E-state index in [0.29, 0.717) is 11.0 Å². The average Bonchev–Trinajstić information content (AvgIpc) is 2.98. The van der Waals surface area contributed by atoms with E-state index in [9.17, 15) is 4.79 Å². The van der Waals surface area contributed by atoms with Gasteiger partial charge in [-0.1, -0.05) is 12.1 Å². The van der Waals surface area contributed by atoms with Crippen LogP contribution < -0.4 is 10.1 Å². The van der Waals surface area contributed by atoms with Crippen molar-refractivity contribution in [3.63, 3.8) is 0 Å². The lowest BCUT2D eigenvalue weighted by Crippen LogP contribution is -2.15. The summed E-state index contributed by atoms with van der Waals surface area (Å²) in [6.07, 6.45) is 0. The smallest absolute Gasteiger partial charge is 0.280 e. The molecule has 1 amide bonds. The Morgan fingerprint density at radius 1 is 1.15 bits per heavy atom. The van der Waals surface area contributed by atoms with E-state index in [-0.39, 0.29) is 17.5 Å². The molecule has 2 heterocycles. The van der Waals surface area contributed by atoms with E-state index in [1.807, 2.05) is 41.8 Å². The van der Waals surface area contributed by atoms with E-state index in [4.69, 9.17) is 4.74 Å². The van der Waals surface area contributed by atoms with Gasteiger partial charge >= 0.3 is 0 Å². The van der Waals surface area contributed by atoms with Gasteiger partial charge in [-0.15, -0.1) is 11.3 Å². The number of fused-ring (bicyclic) bond motifs is 1. The van der Waals surface area contributed by atoms with Gasteiger partial charge in [0.1, 0.15) is 0 Å². The minimum Gasteiger partial charge on any atom is -0.479 e. The molecule has 1 N–H and O–H groups in total. The molecule has 0 unspecified atom stereocenters. The van der Waals surface area contributed by atoms with Crippen LogP contribution in [0, 0.1) is 0 Å². The normalized spacial score (nSPS) is 10.4. The summed E-state index contributed by atoms with van der Waals surface area (Å²) in [5.41, 5.74) is 1.53. The Bertz CT molecular complexity index is 756. The number of hydrogen-bond donors (Lipinski definition) is 1. The molecule has 2 aromatic heterocycles. The highest BCUT2D eigenvalue weighted by Gasteiger charge is 2.17. The van der Waals surface area contributed by atoms with Crippen LogP contribution in [0.25, 0.3) is 11.0 Å². The van der Waals surface area contributed by atoms with E-state index >= 15 is 0 Å². The van der Waals surface area contributed by atoms with Crippen molar-refractivity contribution in [3.05, 3.63) is 47.5 Å². The zero-order valence-corrected chi connectivity index (χ0v) is 11.5. The molecule has 3 rings (SSSR count). The first-order chi connectivity index (χ1) is 9.78. The molecule has 0 aliphatic carbocycles. The molecular weight excluding hydrogens is 274 g/mol. The number of hydrogen-bond acceptors (Lipinski definition) is 5. The fourth-order valence-corrected chi connectivity index (χ4v) is 2.41. The first-order valence-electron chi connectivity index (χ1n) is 5.93. The number of anilines is 1. The minimum atomic E-state index is -0.331. The number of aromatic nitrogens is 2. The Labute approximate surface area is 119 Å². The maximum atomic E-state index is 12.2. The molecule has 0 saturated carbocycles. The second kappa shape index (κ2) is 5.26. The van der Waals surface area contributed by atoms with Crippen molar-refractivity contribution in [2.45, 2.75) is 0 Å². The molecule has 0 atom stereocenters. The molecule has 6 heteroatoms. The van der Waals surface area contributed by atoms with Crippen LogP contribution in [-0.4, -0.2) is 23.0 Å². The summed E-state index contributed by atoms with van der Waals surface area (Å²) in [5, 5.41) is 5.42. The molecule has 20 heavy (non-hydrogen) atoms. The maximum Gasteiger partial charge on any atom is 0.280 e. The number of methoxy groups -OCH3 is 1. The molecule has 100 valence electrons. The third kappa shape index (κ3) is 2.33. The zero-order valence-electron chi connectivity index (χ0n) is 10.7. The molecule has 0 saturated heterocycles. The monoisotopic (exact) mass is 285 g/mol. The third-order valence-corrected chi connectivity index (χ3v) is 3.49. The maximum absolute atomic E-state index is 12.2. The summed E-state index contributed by atoms with van der Waals surface area (Å²) in [4.78, 5) is 20.9. The number of ether oxygens (including phenoxy) is 1. The standard InChI is InChI=1S/C14H11N3O2S/c1-19-14-12(13(18)17-11-7-4-8-20-11)15-9-5-2-3-6-10(9)16-14/h2-8H,1H3,(H,17,18). The molecule has 0 aliphatic rings. The number of carbonyl (C=O) groups excluding carboxylic acids is 1. The van der Waals surface area contributed by atoms with Crippen LogP contribution in [0.1, 0.15) is 10.5 Å². The van der Waals surface area contributed by atoms with E-state index < -0.39 is 0 Å². The Balaban J connectivity index is 2.02. The summed E-state index contributed by atoms with van der Waals surface area (Å²) in [7, 11) is 1.47. The lowest BCUT2D eigenvalue weighted by molar-refractivity contribution is 0.101. The zero-order chi connectivity index (χ0) is 13.9. The fourth-order valence-electron chi connectivity index (χ4n) is 1.79. The Kier molecular flexibility index (Phi) is 3.30. The topological polar surface area (TPSA) is 64.1 Å². The average molecular weight is 285 g/mol. The summed E-state index contributed by atoms with van der Waals surface area (Å²) < 4.78 is 5.16. The number of rotatable bonds is 3. The molecule has 0 spiro atoms. The highest BCUT2D eigenvalue weighted by molar-refractivity contribution is 7.14. The van der Waals surface area contributed by atoms with Crippen LogP contribution in [-0.2, 0) is 0 Å². The number of amides is 1. The van der Waals surface area contributed by atoms with Crippen molar-refractivity contribution < 1.29 is 9.53 Å². The van der Waals surface area contributed by atoms with Crippen LogP contribution in [0.3, 0.4) is 0 Å². The summed E-state index contributed by atoms with van der Waals surface area (Å²) in [6.45, 7) is 0. The van der Waals surface area contributed by atoms with Crippen molar-refractivity contribution >= 4 is 33.3 Å². The summed E-state index contributed by atoms with van der Waals surface area (Å²) in [5.74, 6) is -0.111. The van der Waals surface area contributed by atoms with Crippen molar-refractivity contribution in [1.29, 1.82) is 0 Å². The van der Waals surface area contributed by atoms with Gasteiger partial charge < -0.3 is 10.1 Å². The molecule has 0 aliphatic heterocycles. The minimum absolute atomic E-state index is 0.180. The van der Waals surface area contributed by atoms with Crippen molar-refractivity contribution in [2.24, 2.45) is 0 Å². The molecule has 1 aromatic carbocycles. The Morgan fingerprint density at radius 2 is 1.90 bits per heavy atom. The van der Waals surface area contributed by atoms with E-state index in [1.54, 1.807) is 0 Å². The predicted molar refractivity (Wildman–Crippen MR) is 78.4 cm³/mol.